The number of benzene rings is 2. The SMILES string of the molecule is Cc1nc(-c2ccc(Cl)c(SCC(=O)N(Cc3nnc(N)o3)Cc3ccc(C#N)cc3F)c2)co1. The van der Waals surface area contributed by atoms with Crippen molar-refractivity contribution in [3.63, 3.8) is 0 Å². The van der Waals surface area contributed by atoms with E-state index in [-0.39, 0.29) is 47.8 Å². The second-order valence-electron chi connectivity index (χ2n) is 7.39. The van der Waals surface area contributed by atoms with Crippen molar-refractivity contribution in [2.75, 3.05) is 11.5 Å². The zero-order valence-electron chi connectivity index (χ0n) is 18.4. The summed E-state index contributed by atoms with van der Waals surface area (Å²) in [6.45, 7) is 1.59. The molecule has 2 heterocycles. The summed E-state index contributed by atoms with van der Waals surface area (Å²) in [6.07, 6.45) is 1.54. The predicted octanol–water partition coefficient (Wildman–Crippen LogP) is 4.60. The lowest BCUT2D eigenvalue weighted by atomic mass is 10.1. The Morgan fingerprint density at radius 2 is 2.09 bits per heavy atom. The molecular formula is C23H18ClFN6O3S. The van der Waals surface area contributed by atoms with E-state index in [1.807, 2.05) is 18.2 Å². The first-order valence-corrected chi connectivity index (χ1v) is 11.6. The third-order valence-corrected chi connectivity index (χ3v) is 6.38. The number of carbonyl (C=O) groups is 1. The van der Waals surface area contributed by atoms with Gasteiger partial charge in [-0.1, -0.05) is 28.8 Å². The van der Waals surface area contributed by atoms with E-state index < -0.39 is 5.82 Å². The maximum Gasteiger partial charge on any atom is 0.312 e. The number of halogens is 2. The number of aromatic nitrogens is 3. The van der Waals surface area contributed by atoms with E-state index in [1.54, 1.807) is 19.3 Å². The van der Waals surface area contributed by atoms with Gasteiger partial charge < -0.3 is 19.5 Å². The van der Waals surface area contributed by atoms with Crippen LogP contribution >= 0.6 is 23.4 Å². The molecule has 12 heteroatoms. The van der Waals surface area contributed by atoms with E-state index in [2.05, 4.69) is 15.2 Å². The second kappa shape index (κ2) is 10.6. The van der Waals surface area contributed by atoms with Crippen LogP contribution in [0.15, 0.2) is 56.4 Å². The van der Waals surface area contributed by atoms with Crippen molar-refractivity contribution in [1.29, 1.82) is 5.26 Å². The number of hydrogen-bond acceptors (Lipinski definition) is 9. The summed E-state index contributed by atoms with van der Waals surface area (Å²) >= 11 is 7.58. The molecule has 178 valence electrons. The van der Waals surface area contributed by atoms with Crippen LogP contribution in [0.25, 0.3) is 11.3 Å². The van der Waals surface area contributed by atoms with Gasteiger partial charge in [0.1, 0.15) is 17.8 Å². The molecule has 4 aromatic rings. The summed E-state index contributed by atoms with van der Waals surface area (Å²) in [5.41, 5.74) is 7.35. The molecule has 0 unspecified atom stereocenters. The predicted molar refractivity (Wildman–Crippen MR) is 126 cm³/mol. The van der Waals surface area contributed by atoms with Gasteiger partial charge in [-0.05, 0) is 24.3 Å². The second-order valence-corrected chi connectivity index (χ2v) is 8.81. The van der Waals surface area contributed by atoms with Gasteiger partial charge in [0.15, 0.2) is 5.89 Å². The Hall–Kier alpha value is -3.88. The highest BCUT2D eigenvalue weighted by Gasteiger charge is 2.20. The van der Waals surface area contributed by atoms with Crippen LogP contribution in [0.5, 0.6) is 0 Å². The van der Waals surface area contributed by atoms with Gasteiger partial charge in [0, 0.05) is 29.5 Å². The van der Waals surface area contributed by atoms with Gasteiger partial charge in [-0.15, -0.1) is 16.9 Å². The number of nitriles is 1. The maximum atomic E-state index is 14.5. The van der Waals surface area contributed by atoms with E-state index >= 15 is 0 Å². The molecule has 35 heavy (non-hydrogen) atoms. The monoisotopic (exact) mass is 512 g/mol. The quantitative estimate of drug-likeness (QED) is 0.336. The van der Waals surface area contributed by atoms with Crippen molar-refractivity contribution in [2.45, 2.75) is 24.9 Å². The van der Waals surface area contributed by atoms with E-state index in [0.29, 0.717) is 21.5 Å². The van der Waals surface area contributed by atoms with Crippen molar-refractivity contribution < 1.29 is 18.0 Å². The third-order valence-electron chi connectivity index (χ3n) is 4.90. The lowest BCUT2D eigenvalue weighted by Crippen LogP contribution is -2.32. The largest absolute Gasteiger partial charge is 0.449 e. The molecule has 0 fully saturated rings. The van der Waals surface area contributed by atoms with Gasteiger partial charge in [-0.2, -0.15) is 5.26 Å². The number of hydrogen-bond donors (Lipinski definition) is 1. The summed E-state index contributed by atoms with van der Waals surface area (Å²) < 4.78 is 25.0. The number of carbonyl (C=O) groups excluding carboxylic acids is 1. The highest BCUT2D eigenvalue weighted by molar-refractivity contribution is 8.00. The molecule has 0 bridgehead atoms. The Balaban J connectivity index is 1.52. The molecule has 9 nitrogen and oxygen atoms in total. The average Bonchev–Trinajstić information content (AvgIpc) is 3.46. The molecule has 0 saturated carbocycles. The molecule has 0 saturated heterocycles. The fourth-order valence-corrected chi connectivity index (χ4v) is 4.34. The average molecular weight is 513 g/mol. The van der Waals surface area contributed by atoms with E-state index in [4.69, 9.17) is 31.4 Å². The van der Waals surface area contributed by atoms with E-state index in [1.165, 1.54) is 28.8 Å². The lowest BCUT2D eigenvalue weighted by molar-refractivity contribution is -0.129. The van der Waals surface area contributed by atoms with Crippen LogP contribution in [0.3, 0.4) is 0 Å². The molecule has 0 aliphatic carbocycles. The Labute approximate surface area is 208 Å². The number of nitrogens with zero attached hydrogens (tertiary/aromatic N) is 5. The van der Waals surface area contributed by atoms with Crippen LogP contribution in [-0.4, -0.2) is 31.7 Å². The molecule has 0 spiro atoms. The number of amides is 1. The molecule has 4 rings (SSSR count). The number of anilines is 1. The van der Waals surface area contributed by atoms with Crippen molar-refractivity contribution >= 4 is 35.3 Å². The van der Waals surface area contributed by atoms with E-state index in [9.17, 15) is 9.18 Å². The summed E-state index contributed by atoms with van der Waals surface area (Å²) in [6, 6.07) is 11.2. The number of nitrogens with two attached hydrogens (primary N) is 1. The highest BCUT2D eigenvalue weighted by atomic mass is 35.5. The van der Waals surface area contributed by atoms with Gasteiger partial charge in [0.2, 0.25) is 11.8 Å². The van der Waals surface area contributed by atoms with Gasteiger partial charge >= 0.3 is 6.01 Å². The molecule has 1 amide bonds. The van der Waals surface area contributed by atoms with Crippen molar-refractivity contribution in [3.8, 4) is 17.3 Å². The summed E-state index contributed by atoms with van der Waals surface area (Å²) in [4.78, 5) is 19.5. The Bertz CT molecular complexity index is 1420. The summed E-state index contributed by atoms with van der Waals surface area (Å²) in [7, 11) is 0. The zero-order chi connectivity index (χ0) is 24.9. The van der Waals surface area contributed by atoms with Crippen LogP contribution in [0, 0.1) is 24.1 Å². The van der Waals surface area contributed by atoms with Crippen LogP contribution in [0.2, 0.25) is 5.02 Å². The minimum atomic E-state index is -0.599. The zero-order valence-corrected chi connectivity index (χ0v) is 19.9. The highest BCUT2D eigenvalue weighted by Crippen LogP contribution is 2.32. The number of nitrogen functional groups attached to an aromatic ring is 1. The molecule has 2 aromatic carbocycles. The van der Waals surface area contributed by atoms with Crippen LogP contribution in [0.1, 0.15) is 22.9 Å². The topological polar surface area (TPSA) is 135 Å². The van der Waals surface area contributed by atoms with Gasteiger partial charge in [-0.25, -0.2) is 9.37 Å². The standard InChI is InChI=1S/C23H18ClFN6O3S/c1-13-28-19(11-33-13)15-4-5-17(24)20(7-15)35-12-22(32)31(10-21-29-30-23(27)34-21)9-16-3-2-14(8-26)6-18(16)25/h2-7,11H,9-10,12H2,1H3,(H2,27,30). The fourth-order valence-electron chi connectivity index (χ4n) is 3.18. The third kappa shape index (κ3) is 5.98. The lowest BCUT2D eigenvalue weighted by Gasteiger charge is -2.21. The molecule has 0 radical (unpaired) electrons. The van der Waals surface area contributed by atoms with Crippen molar-refractivity contribution in [3.05, 3.63) is 76.4 Å². The normalized spacial score (nSPS) is 10.8. The molecule has 0 atom stereocenters. The minimum absolute atomic E-state index is 0.00251. The van der Waals surface area contributed by atoms with Gasteiger partial charge in [0.25, 0.3) is 0 Å². The fraction of sp³-hybridized carbons (Fsp3) is 0.174. The van der Waals surface area contributed by atoms with Gasteiger partial charge in [-0.3, -0.25) is 4.79 Å². The maximum absolute atomic E-state index is 14.5. The number of aryl methyl sites for hydroxylation is 1. The van der Waals surface area contributed by atoms with Crippen LogP contribution < -0.4 is 5.73 Å². The smallest absolute Gasteiger partial charge is 0.312 e. The summed E-state index contributed by atoms with van der Waals surface area (Å²) in [5.74, 6) is -0.279. The molecular weight excluding hydrogens is 495 g/mol. The number of oxazole rings is 1. The molecule has 0 aliphatic heterocycles. The van der Waals surface area contributed by atoms with Crippen LogP contribution in [-0.2, 0) is 17.9 Å². The molecule has 2 aromatic heterocycles. The first-order chi connectivity index (χ1) is 16.8. The number of rotatable bonds is 8. The molecule has 0 aliphatic rings. The van der Waals surface area contributed by atoms with Crippen LogP contribution in [0.4, 0.5) is 10.4 Å². The minimum Gasteiger partial charge on any atom is -0.449 e. The van der Waals surface area contributed by atoms with Crippen molar-refractivity contribution in [1.82, 2.24) is 20.1 Å². The Kier molecular flexibility index (Phi) is 7.33. The van der Waals surface area contributed by atoms with Crippen molar-refractivity contribution in [2.24, 2.45) is 0 Å². The first kappa shape index (κ1) is 24.3. The Morgan fingerprint density at radius 3 is 2.74 bits per heavy atom. The van der Waals surface area contributed by atoms with Gasteiger partial charge in [0.05, 0.1) is 29.0 Å². The Morgan fingerprint density at radius 1 is 1.26 bits per heavy atom. The molecule has 2 N–H and O–H groups in total. The van der Waals surface area contributed by atoms with E-state index in [0.717, 1.165) is 11.6 Å². The summed E-state index contributed by atoms with van der Waals surface area (Å²) in [5, 5.41) is 16.8. The number of thioether (sulfide) groups is 1. The first-order valence-electron chi connectivity index (χ1n) is 10.2.